The van der Waals surface area contributed by atoms with E-state index in [4.69, 9.17) is 21.3 Å². The normalized spacial score (nSPS) is 14.0. The molecule has 0 unspecified atom stereocenters. The summed E-state index contributed by atoms with van der Waals surface area (Å²) in [5.41, 5.74) is 5.01. The van der Waals surface area contributed by atoms with E-state index in [1.165, 1.54) is 4.90 Å². The molecule has 0 spiro atoms. The zero-order chi connectivity index (χ0) is 21.3. The number of carbonyl (C=O) groups excluding carboxylic acids is 2. The Labute approximate surface area is 179 Å². The van der Waals surface area contributed by atoms with E-state index < -0.39 is 5.97 Å². The molecule has 1 heterocycles. The fourth-order valence-corrected chi connectivity index (χ4v) is 3.73. The summed E-state index contributed by atoms with van der Waals surface area (Å²) in [5.74, 6) is -0.755. The Morgan fingerprint density at radius 1 is 1.10 bits per heavy atom. The smallest absolute Gasteiger partial charge is 0.339 e. The quantitative estimate of drug-likeness (QED) is 0.578. The lowest BCUT2D eigenvalue weighted by molar-refractivity contribution is -0.131. The van der Waals surface area contributed by atoms with E-state index in [2.05, 4.69) is 6.08 Å². The predicted molar refractivity (Wildman–Crippen MR) is 118 cm³/mol. The van der Waals surface area contributed by atoms with Gasteiger partial charge in [0, 0.05) is 24.5 Å². The van der Waals surface area contributed by atoms with Crippen LogP contribution in [-0.4, -0.2) is 42.5 Å². The number of fused-ring (bicyclic) bond motifs is 2. The summed E-state index contributed by atoms with van der Waals surface area (Å²) in [6, 6.07) is 15.1. The number of ether oxygens (including phenoxy) is 1. The van der Waals surface area contributed by atoms with Gasteiger partial charge in [0.1, 0.15) is 0 Å². The average Bonchev–Trinajstić information content (AvgIpc) is 3.13. The lowest BCUT2D eigenvalue weighted by atomic mass is 10.0. The molecule has 0 atom stereocenters. The highest BCUT2D eigenvalue weighted by atomic mass is 35.5. The number of esters is 1. The molecule has 0 saturated heterocycles. The Hall–Kier alpha value is -3.18. The first-order valence-corrected chi connectivity index (χ1v) is 10.1. The zero-order valence-electron chi connectivity index (χ0n) is 16.8. The lowest BCUT2D eigenvalue weighted by Crippen LogP contribution is -2.27. The van der Waals surface area contributed by atoms with Gasteiger partial charge in [-0.15, -0.1) is 0 Å². The van der Waals surface area contributed by atoms with Gasteiger partial charge in [-0.25, -0.2) is 9.78 Å². The van der Waals surface area contributed by atoms with Crippen LogP contribution < -0.4 is 0 Å². The molecule has 0 aliphatic heterocycles. The Kier molecular flexibility index (Phi) is 5.55. The van der Waals surface area contributed by atoms with E-state index in [0.29, 0.717) is 17.0 Å². The number of pyridine rings is 1. The largest absolute Gasteiger partial charge is 0.452 e. The summed E-state index contributed by atoms with van der Waals surface area (Å²) in [5, 5.41) is 1.43. The number of carbonyl (C=O) groups is 2. The maximum atomic E-state index is 13.0. The molecule has 30 heavy (non-hydrogen) atoms. The van der Waals surface area contributed by atoms with Crippen LogP contribution in [0.5, 0.6) is 0 Å². The van der Waals surface area contributed by atoms with Crippen molar-refractivity contribution in [2.75, 3.05) is 20.7 Å². The molecule has 6 heteroatoms. The number of amides is 1. The molecule has 0 radical (unpaired) electrons. The minimum Gasteiger partial charge on any atom is -0.452 e. The standard InChI is InChI=1S/C24H21ClN2O3/c1-27(2)21(28)14-30-24(29)22-18-5-3-4-6-20(18)26-23-16(9-12-19(22)23)13-15-7-10-17(25)11-8-15/h3-8,10-11,13H,9,12,14H2,1-2H3/b16-13+. The molecule has 1 aliphatic carbocycles. The van der Waals surface area contributed by atoms with Gasteiger partial charge in [0.2, 0.25) is 0 Å². The van der Waals surface area contributed by atoms with Crippen LogP contribution in [0.2, 0.25) is 5.02 Å². The molecule has 4 rings (SSSR count). The molecule has 1 aromatic heterocycles. The van der Waals surface area contributed by atoms with Crippen LogP contribution in [0.1, 0.15) is 33.6 Å². The van der Waals surface area contributed by atoms with E-state index in [1.54, 1.807) is 14.1 Å². The molecule has 152 valence electrons. The molecule has 0 N–H and O–H groups in total. The Morgan fingerprint density at radius 3 is 2.57 bits per heavy atom. The topological polar surface area (TPSA) is 59.5 Å². The number of aromatic nitrogens is 1. The predicted octanol–water partition coefficient (Wildman–Crippen LogP) is 4.62. The summed E-state index contributed by atoms with van der Waals surface area (Å²) in [6.45, 7) is -0.287. The number of benzene rings is 2. The number of nitrogens with zero attached hydrogens (tertiary/aromatic N) is 2. The van der Waals surface area contributed by atoms with Gasteiger partial charge in [0.15, 0.2) is 6.61 Å². The Balaban J connectivity index is 1.77. The maximum Gasteiger partial charge on any atom is 0.339 e. The van der Waals surface area contributed by atoms with Gasteiger partial charge in [-0.2, -0.15) is 0 Å². The van der Waals surface area contributed by atoms with Crippen molar-refractivity contribution in [3.8, 4) is 0 Å². The fourth-order valence-electron chi connectivity index (χ4n) is 3.60. The van der Waals surface area contributed by atoms with E-state index >= 15 is 0 Å². The number of allylic oxidation sites excluding steroid dienone is 1. The molecular formula is C24H21ClN2O3. The second-order valence-electron chi connectivity index (χ2n) is 7.42. The maximum absolute atomic E-state index is 13.0. The molecule has 5 nitrogen and oxygen atoms in total. The van der Waals surface area contributed by atoms with Gasteiger partial charge in [0.25, 0.3) is 5.91 Å². The summed E-state index contributed by atoms with van der Waals surface area (Å²) >= 11 is 5.99. The molecule has 3 aromatic rings. The summed E-state index contributed by atoms with van der Waals surface area (Å²) in [6.07, 6.45) is 3.55. The monoisotopic (exact) mass is 420 g/mol. The van der Waals surface area contributed by atoms with E-state index in [0.717, 1.165) is 39.7 Å². The molecule has 1 amide bonds. The highest BCUT2D eigenvalue weighted by Crippen LogP contribution is 2.37. The van der Waals surface area contributed by atoms with Crippen molar-refractivity contribution in [1.82, 2.24) is 9.88 Å². The highest BCUT2D eigenvalue weighted by Gasteiger charge is 2.28. The second-order valence-corrected chi connectivity index (χ2v) is 7.85. The molecule has 0 saturated carbocycles. The lowest BCUT2D eigenvalue weighted by Gasteiger charge is -2.14. The van der Waals surface area contributed by atoms with Gasteiger partial charge in [-0.05, 0) is 53.8 Å². The van der Waals surface area contributed by atoms with Crippen LogP contribution in [-0.2, 0) is 16.0 Å². The first-order valence-electron chi connectivity index (χ1n) is 9.69. The SMILES string of the molecule is CN(C)C(=O)COC(=O)c1c2c(nc3ccccc13)/C(=C/c1ccc(Cl)cc1)CC2. The van der Waals surface area contributed by atoms with Gasteiger partial charge in [-0.1, -0.05) is 41.9 Å². The molecule has 0 bridgehead atoms. The van der Waals surface area contributed by atoms with E-state index in [1.807, 2.05) is 48.5 Å². The second kappa shape index (κ2) is 8.28. The summed E-state index contributed by atoms with van der Waals surface area (Å²) < 4.78 is 5.36. The van der Waals surface area contributed by atoms with Crippen LogP contribution >= 0.6 is 11.6 Å². The fraction of sp³-hybridized carbons (Fsp3) is 0.208. The highest BCUT2D eigenvalue weighted by molar-refractivity contribution is 6.30. The minimum absolute atomic E-state index is 0.262. The van der Waals surface area contributed by atoms with Crippen molar-refractivity contribution < 1.29 is 14.3 Å². The van der Waals surface area contributed by atoms with Crippen molar-refractivity contribution >= 4 is 46.0 Å². The summed E-state index contributed by atoms with van der Waals surface area (Å²) in [4.78, 5) is 31.1. The Bertz CT molecular complexity index is 1170. The third kappa shape index (κ3) is 3.94. The Morgan fingerprint density at radius 2 is 1.83 bits per heavy atom. The zero-order valence-corrected chi connectivity index (χ0v) is 17.6. The van der Waals surface area contributed by atoms with Crippen molar-refractivity contribution in [1.29, 1.82) is 0 Å². The van der Waals surface area contributed by atoms with Crippen molar-refractivity contribution in [2.24, 2.45) is 0 Å². The third-order valence-corrected chi connectivity index (χ3v) is 5.43. The van der Waals surface area contributed by atoms with Crippen LogP contribution in [0.25, 0.3) is 22.6 Å². The van der Waals surface area contributed by atoms with Crippen LogP contribution in [0.4, 0.5) is 0 Å². The van der Waals surface area contributed by atoms with Crippen molar-refractivity contribution in [2.45, 2.75) is 12.8 Å². The number of hydrogen-bond donors (Lipinski definition) is 0. The molecular weight excluding hydrogens is 400 g/mol. The van der Waals surface area contributed by atoms with Gasteiger partial charge >= 0.3 is 5.97 Å². The van der Waals surface area contributed by atoms with Crippen molar-refractivity contribution in [3.63, 3.8) is 0 Å². The van der Waals surface area contributed by atoms with E-state index in [-0.39, 0.29) is 12.5 Å². The number of para-hydroxylation sites is 1. The average molecular weight is 421 g/mol. The van der Waals surface area contributed by atoms with Gasteiger partial charge in [-0.3, -0.25) is 4.79 Å². The van der Waals surface area contributed by atoms with E-state index in [9.17, 15) is 9.59 Å². The molecule has 1 aliphatic rings. The number of halogens is 1. The number of hydrogen-bond acceptors (Lipinski definition) is 4. The van der Waals surface area contributed by atoms with Gasteiger partial charge in [0.05, 0.1) is 16.8 Å². The number of likely N-dealkylation sites (N-methyl/N-ethyl adjacent to an activating group) is 1. The van der Waals surface area contributed by atoms with Crippen LogP contribution in [0.15, 0.2) is 48.5 Å². The van der Waals surface area contributed by atoms with Crippen LogP contribution in [0.3, 0.4) is 0 Å². The van der Waals surface area contributed by atoms with Crippen molar-refractivity contribution in [3.05, 3.63) is 75.9 Å². The third-order valence-electron chi connectivity index (χ3n) is 5.18. The number of rotatable bonds is 4. The molecule has 2 aromatic carbocycles. The van der Waals surface area contributed by atoms with Crippen LogP contribution in [0, 0.1) is 0 Å². The first-order chi connectivity index (χ1) is 14.4. The molecule has 0 fully saturated rings. The van der Waals surface area contributed by atoms with Gasteiger partial charge < -0.3 is 9.64 Å². The first kappa shape index (κ1) is 20.1. The summed E-state index contributed by atoms with van der Waals surface area (Å²) in [7, 11) is 3.26. The minimum atomic E-state index is -0.493.